The largest absolute Gasteiger partial charge is 0.379 e. The van der Waals surface area contributed by atoms with Crippen LogP contribution in [0.2, 0.25) is 0 Å². The fourth-order valence-electron chi connectivity index (χ4n) is 2.82. The van der Waals surface area contributed by atoms with E-state index in [-0.39, 0.29) is 30.1 Å². The van der Waals surface area contributed by atoms with Gasteiger partial charge in [0.25, 0.3) is 5.91 Å². The van der Waals surface area contributed by atoms with Crippen molar-refractivity contribution in [1.82, 2.24) is 14.8 Å². The van der Waals surface area contributed by atoms with Crippen LogP contribution < -0.4 is 5.32 Å². The molecule has 0 bridgehead atoms. The van der Waals surface area contributed by atoms with E-state index in [1.54, 1.807) is 26.0 Å². The van der Waals surface area contributed by atoms with Crippen molar-refractivity contribution in [2.75, 3.05) is 26.3 Å². The molecule has 2 heterocycles. The number of hydrogen-bond donors (Lipinski definition) is 1. The van der Waals surface area contributed by atoms with Gasteiger partial charge >= 0.3 is 0 Å². The summed E-state index contributed by atoms with van der Waals surface area (Å²) in [6.45, 7) is 5.01. The van der Waals surface area contributed by atoms with E-state index in [0.29, 0.717) is 24.7 Å². The first-order chi connectivity index (χ1) is 12.4. The second-order valence-corrected chi connectivity index (χ2v) is 7.90. The number of benzene rings is 1. The van der Waals surface area contributed by atoms with Crippen molar-refractivity contribution in [1.29, 1.82) is 0 Å². The Morgan fingerprint density at radius 1 is 1.23 bits per heavy atom. The number of morpholine rings is 1. The van der Waals surface area contributed by atoms with Gasteiger partial charge in [0.2, 0.25) is 10.0 Å². The molecule has 0 radical (unpaired) electrons. The predicted octanol–water partition coefficient (Wildman–Crippen LogP) is 1.24. The van der Waals surface area contributed by atoms with Gasteiger partial charge in [-0.05, 0) is 26.0 Å². The Morgan fingerprint density at radius 2 is 1.92 bits per heavy atom. The van der Waals surface area contributed by atoms with Gasteiger partial charge in [0.05, 0.1) is 29.4 Å². The van der Waals surface area contributed by atoms with Crippen LogP contribution in [0.1, 0.15) is 27.4 Å². The first-order valence-corrected chi connectivity index (χ1v) is 9.72. The predicted molar refractivity (Wildman–Crippen MR) is 93.2 cm³/mol. The third-order valence-electron chi connectivity index (χ3n) is 4.33. The standard InChI is InChI=1S/C17H21N3O5S/c1-12-15(13(2)25-19-12)11-18-17(21)14-5-3-4-6-16(14)26(22,23)20-7-9-24-10-8-20/h3-6H,7-11H2,1-2H3,(H,18,21). The van der Waals surface area contributed by atoms with Gasteiger partial charge < -0.3 is 14.6 Å². The molecular weight excluding hydrogens is 358 g/mol. The summed E-state index contributed by atoms with van der Waals surface area (Å²) in [5.74, 6) is 0.162. The maximum atomic E-state index is 12.9. The lowest BCUT2D eigenvalue weighted by molar-refractivity contribution is 0.0730. The highest BCUT2D eigenvalue weighted by Crippen LogP contribution is 2.21. The first kappa shape index (κ1) is 18.6. The van der Waals surface area contributed by atoms with Gasteiger partial charge in [-0.15, -0.1) is 0 Å². The number of amides is 1. The number of sulfonamides is 1. The van der Waals surface area contributed by atoms with Crippen molar-refractivity contribution in [3.8, 4) is 0 Å². The smallest absolute Gasteiger partial charge is 0.252 e. The molecule has 0 atom stereocenters. The summed E-state index contributed by atoms with van der Waals surface area (Å²) in [6.07, 6.45) is 0. The molecule has 1 aliphatic heterocycles. The Bertz CT molecular complexity index is 881. The van der Waals surface area contributed by atoms with Crippen LogP contribution >= 0.6 is 0 Å². The zero-order valence-corrected chi connectivity index (χ0v) is 15.5. The first-order valence-electron chi connectivity index (χ1n) is 8.28. The summed E-state index contributed by atoms with van der Waals surface area (Å²) in [5.41, 5.74) is 1.59. The van der Waals surface area contributed by atoms with Gasteiger partial charge in [0.1, 0.15) is 5.76 Å². The molecule has 0 spiro atoms. The molecule has 1 N–H and O–H groups in total. The SMILES string of the molecule is Cc1noc(C)c1CNC(=O)c1ccccc1S(=O)(=O)N1CCOCC1. The molecule has 9 heteroatoms. The summed E-state index contributed by atoms with van der Waals surface area (Å²) >= 11 is 0. The van der Waals surface area contributed by atoms with E-state index in [1.807, 2.05) is 0 Å². The average Bonchev–Trinajstić information content (AvgIpc) is 2.98. The minimum Gasteiger partial charge on any atom is -0.379 e. The van der Waals surface area contributed by atoms with Gasteiger partial charge in [0, 0.05) is 25.2 Å². The highest BCUT2D eigenvalue weighted by Gasteiger charge is 2.30. The highest BCUT2D eigenvalue weighted by atomic mass is 32.2. The van der Waals surface area contributed by atoms with Crippen LogP contribution in [-0.2, 0) is 21.3 Å². The summed E-state index contributed by atoms with van der Waals surface area (Å²) < 4.78 is 37.5. The van der Waals surface area contributed by atoms with Crippen molar-refractivity contribution in [3.05, 3.63) is 46.8 Å². The maximum absolute atomic E-state index is 12.9. The van der Waals surface area contributed by atoms with Crippen LogP contribution in [0, 0.1) is 13.8 Å². The normalized spacial score (nSPS) is 15.8. The maximum Gasteiger partial charge on any atom is 0.252 e. The van der Waals surface area contributed by atoms with E-state index in [4.69, 9.17) is 9.26 Å². The Hall–Kier alpha value is -2.23. The van der Waals surface area contributed by atoms with E-state index < -0.39 is 15.9 Å². The lowest BCUT2D eigenvalue weighted by atomic mass is 10.2. The molecule has 1 amide bonds. The van der Waals surface area contributed by atoms with Crippen LogP contribution in [0.4, 0.5) is 0 Å². The second kappa shape index (κ2) is 7.56. The number of ether oxygens (including phenoxy) is 1. The van der Waals surface area contributed by atoms with Crippen LogP contribution in [0.15, 0.2) is 33.7 Å². The molecule has 0 saturated carbocycles. The number of nitrogens with zero attached hydrogens (tertiary/aromatic N) is 2. The Labute approximate surface area is 152 Å². The lowest BCUT2D eigenvalue weighted by Crippen LogP contribution is -2.41. The fraction of sp³-hybridized carbons (Fsp3) is 0.412. The molecule has 3 rings (SSSR count). The van der Waals surface area contributed by atoms with Crippen molar-refractivity contribution in [2.45, 2.75) is 25.3 Å². The van der Waals surface area contributed by atoms with Crippen LogP contribution in [0.5, 0.6) is 0 Å². The van der Waals surface area contributed by atoms with Gasteiger partial charge in [0.15, 0.2) is 0 Å². The third-order valence-corrected chi connectivity index (χ3v) is 6.28. The molecule has 1 aliphatic rings. The van der Waals surface area contributed by atoms with Gasteiger partial charge in [-0.25, -0.2) is 8.42 Å². The molecule has 0 aliphatic carbocycles. The Kier molecular flexibility index (Phi) is 5.40. The number of rotatable bonds is 5. The van der Waals surface area contributed by atoms with Crippen LogP contribution in [0.25, 0.3) is 0 Å². The van der Waals surface area contributed by atoms with Crippen LogP contribution in [-0.4, -0.2) is 50.1 Å². The van der Waals surface area contributed by atoms with E-state index in [2.05, 4.69) is 10.5 Å². The van der Waals surface area contributed by atoms with E-state index in [1.165, 1.54) is 16.4 Å². The lowest BCUT2D eigenvalue weighted by Gasteiger charge is -2.26. The van der Waals surface area contributed by atoms with E-state index in [9.17, 15) is 13.2 Å². The zero-order valence-electron chi connectivity index (χ0n) is 14.7. The van der Waals surface area contributed by atoms with Crippen molar-refractivity contribution in [3.63, 3.8) is 0 Å². The molecule has 0 unspecified atom stereocenters. The van der Waals surface area contributed by atoms with Crippen molar-refractivity contribution >= 4 is 15.9 Å². The highest BCUT2D eigenvalue weighted by molar-refractivity contribution is 7.89. The number of aromatic nitrogens is 1. The number of hydrogen-bond acceptors (Lipinski definition) is 6. The number of nitrogens with one attached hydrogen (secondary N) is 1. The number of carbonyl (C=O) groups excluding carboxylic acids is 1. The summed E-state index contributed by atoms with van der Waals surface area (Å²) in [4.78, 5) is 12.6. The van der Waals surface area contributed by atoms with E-state index >= 15 is 0 Å². The third kappa shape index (κ3) is 3.64. The fourth-order valence-corrected chi connectivity index (χ4v) is 4.42. The molecule has 140 valence electrons. The number of carbonyl (C=O) groups is 1. The molecule has 26 heavy (non-hydrogen) atoms. The molecular formula is C17H21N3O5S. The molecule has 2 aromatic rings. The van der Waals surface area contributed by atoms with Gasteiger partial charge in [-0.2, -0.15) is 4.31 Å². The monoisotopic (exact) mass is 379 g/mol. The minimum atomic E-state index is -3.76. The van der Waals surface area contributed by atoms with Gasteiger partial charge in [-0.3, -0.25) is 4.79 Å². The molecule has 8 nitrogen and oxygen atoms in total. The quantitative estimate of drug-likeness (QED) is 0.839. The Morgan fingerprint density at radius 3 is 2.58 bits per heavy atom. The van der Waals surface area contributed by atoms with Crippen molar-refractivity contribution < 1.29 is 22.5 Å². The van der Waals surface area contributed by atoms with E-state index in [0.717, 1.165) is 5.56 Å². The van der Waals surface area contributed by atoms with Crippen molar-refractivity contribution in [2.24, 2.45) is 0 Å². The Balaban J connectivity index is 1.83. The topological polar surface area (TPSA) is 102 Å². The van der Waals surface area contributed by atoms with Gasteiger partial charge in [-0.1, -0.05) is 17.3 Å². The molecule has 1 saturated heterocycles. The summed E-state index contributed by atoms with van der Waals surface area (Å²) in [5, 5.41) is 6.60. The average molecular weight is 379 g/mol. The zero-order chi connectivity index (χ0) is 18.7. The summed E-state index contributed by atoms with van der Waals surface area (Å²) in [6, 6.07) is 6.22. The molecule has 1 fully saturated rings. The summed E-state index contributed by atoms with van der Waals surface area (Å²) in [7, 11) is -3.76. The second-order valence-electron chi connectivity index (χ2n) is 6.00. The van der Waals surface area contributed by atoms with Crippen LogP contribution in [0.3, 0.4) is 0 Å². The molecule has 1 aromatic heterocycles. The number of aryl methyl sites for hydroxylation is 2. The molecule has 1 aromatic carbocycles. The minimum absolute atomic E-state index is 0.00170.